The van der Waals surface area contributed by atoms with Crippen LogP contribution >= 0.6 is 11.3 Å². The molecule has 10 heteroatoms. The Bertz CT molecular complexity index is 1170. The molecule has 1 atom stereocenters. The van der Waals surface area contributed by atoms with E-state index >= 15 is 0 Å². The first-order valence-electron chi connectivity index (χ1n) is 9.76. The van der Waals surface area contributed by atoms with E-state index in [1.807, 2.05) is 31.2 Å². The topological polar surface area (TPSA) is 101 Å². The molecule has 162 valence electrons. The van der Waals surface area contributed by atoms with Gasteiger partial charge in [0, 0.05) is 12.1 Å². The van der Waals surface area contributed by atoms with Gasteiger partial charge in [0.15, 0.2) is 0 Å². The third kappa shape index (κ3) is 4.46. The highest BCUT2D eigenvalue weighted by atomic mass is 32.2. The highest BCUT2D eigenvalue weighted by Gasteiger charge is 2.39. The molecule has 0 saturated carbocycles. The van der Waals surface area contributed by atoms with Gasteiger partial charge >= 0.3 is 0 Å². The number of carbonyl (C=O) groups is 1. The van der Waals surface area contributed by atoms with Crippen LogP contribution in [0, 0.1) is 6.92 Å². The Balaban J connectivity index is 1.49. The zero-order valence-electron chi connectivity index (χ0n) is 17.1. The van der Waals surface area contributed by atoms with E-state index in [0.717, 1.165) is 16.9 Å². The van der Waals surface area contributed by atoms with Crippen molar-refractivity contribution in [1.29, 1.82) is 0 Å². The number of hydrogen-bond donors (Lipinski definition) is 1. The molecule has 3 aromatic rings. The first-order valence-corrected chi connectivity index (χ1v) is 12.0. The minimum atomic E-state index is -3.76. The average molecular weight is 459 g/mol. The normalized spacial score (nSPS) is 16.9. The summed E-state index contributed by atoms with van der Waals surface area (Å²) >= 11 is 1.23. The number of ether oxygens (including phenoxy) is 1. The van der Waals surface area contributed by atoms with Gasteiger partial charge in [0.1, 0.15) is 16.8 Å². The maximum absolute atomic E-state index is 13.1. The molecule has 4 rings (SSSR count). The number of sulfonamides is 1. The number of nitrogens with zero attached hydrogens (tertiary/aromatic N) is 3. The molecule has 31 heavy (non-hydrogen) atoms. The molecule has 1 aliphatic heterocycles. The van der Waals surface area contributed by atoms with Crippen molar-refractivity contribution in [2.24, 2.45) is 0 Å². The zero-order valence-corrected chi connectivity index (χ0v) is 18.7. The molecular weight excluding hydrogens is 436 g/mol. The summed E-state index contributed by atoms with van der Waals surface area (Å²) in [7, 11) is -2.16. The van der Waals surface area contributed by atoms with E-state index in [0.29, 0.717) is 29.5 Å². The van der Waals surface area contributed by atoms with E-state index in [1.54, 1.807) is 31.4 Å². The van der Waals surface area contributed by atoms with Crippen LogP contribution in [0.2, 0.25) is 0 Å². The molecule has 1 amide bonds. The largest absolute Gasteiger partial charge is 0.497 e. The molecular formula is C21H22N4O4S2. The number of benzene rings is 2. The second-order valence-corrected chi connectivity index (χ2v) is 10.1. The number of nitrogens with one attached hydrogen (secondary N) is 1. The predicted molar refractivity (Wildman–Crippen MR) is 119 cm³/mol. The fourth-order valence-corrected chi connectivity index (χ4v) is 5.86. The highest BCUT2D eigenvalue weighted by Crippen LogP contribution is 2.30. The minimum absolute atomic E-state index is 0.190. The Labute approximate surface area is 184 Å². The Hall–Kier alpha value is -2.82. The fraction of sp³-hybridized carbons (Fsp3) is 0.286. The number of aryl methyl sites for hydroxylation is 1. The highest BCUT2D eigenvalue weighted by molar-refractivity contribution is 7.89. The quantitative estimate of drug-likeness (QED) is 0.608. The fourth-order valence-electron chi connectivity index (χ4n) is 3.45. The van der Waals surface area contributed by atoms with Gasteiger partial charge in [0.2, 0.25) is 21.1 Å². The SMILES string of the molecule is COc1ccc(-c2nnc(NC(=O)C3CCCN3S(=O)(=O)c3ccc(C)cc3)s2)cc1. The number of rotatable bonds is 6. The van der Waals surface area contributed by atoms with Crippen LogP contribution in [0.1, 0.15) is 18.4 Å². The summed E-state index contributed by atoms with van der Waals surface area (Å²) in [5.74, 6) is 0.337. The molecule has 2 aromatic carbocycles. The molecule has 1 N–H and O–H groups in total. The maximum Gasteiger partial charge on any atom is 0.244 e. The van der Waals surface area contributed by atoms with Crippen LogP contribution in [0.5, 0.6) is 5.75 Å². The molecule has 1 aromatic heterocycles. The summed E-state index contributed by atoms with van der Waals surface area (Å²) in [4.78, 5) is 13.1. The first-order chi connectivity index (χ1) is 14.9. The zero-order chi connectivity index (χ0) is 22.0. The molecule has 0 aliphatic carbocycles. The van der Waals surface area contributed by atoms with Gasteiger partial charge in [-0.15, -0.1) is 10.2 Å². The lowest BCUT2D eigenvalue weighted by atomic mass is 10.2. The van der Waals surface area contributed by atoms with Crippen molar-refractivity contribution in [1.82, 2.24) is 14.5 Å². The minimum Gasteiger partial charge on any atom is -0.497 e. The lowest BCUT2D eigenvalue weighted by Gasteiger charge is -2.23. The van der Waals surface area contributed by atoms with Crippen LogP contribution in [-0.2, 0) is 14.8 Å². The van der Waals surface area contributed by atoms with Crippen LogP contribution in [0.25, 0.3) is 10.6 Å². The van der Waals surface area contributed by atoms with Gasteiger partial charge in [0.25, 0.3) is 0 Å². The van der Waals surface area contributed by atoms with Crippen LogP contribution in [0.4, 0.5) is 5.13 Å². The maximum atomic E-state index is 13.1. The van der Waals surface area contributed by atoms with Crippen molar-refractivity contribution in [3.05, 3.63) is 54.1 Å². The number of carbonyl (C=O) groups excluding carboxylic acids is 1. The van der Waals surface area contributed by atoms with Crippen molar-refractivity contribution in [3.8, 4) is 16.3 Å². The molecule has 1 aliphatic rings. The van der Waals surface area contributed by atoms with E-state index in [-0.39, 0.29) is 4.90 Å². The van der Waals surface area contributed by atoms with Gasteiger partial charge in [-0.05, 0) is 56.2 Å². The third-order valence-electron chi connectivity index (χ3n) is 5.13. The van der Waals surface area contributed by atoms with Gasteiger partial charge in [-0.1, -0.05) is 29.0 Å². The number of aromatic nitrogens is 2. The summed E-state index contributed by atoms with van der Waals surface area (Å²) in [6.07, 6.45) is 1.08. The monoisotopic (exact) mass is 458 g/mol. The average Bonchev–Trinajstić information content (AvgIpc) is 3.44. The summed E-state index contributed by atoms with van der Waals surface area (Å²) in [6.45, 7) is 2.20. The van der Waals surface area contributed by atoms with Crippen molar-refractivity contribution in [3.63, 3.8) is 0 Å². The number of anilines is 1. The van der Waals surface area contributed by atoms with Crippen LogP contribution in [0.3, 0.4) is 0 Å². The number of hydrogen-bond acceptors (Lipinski definition) is 7. The van der Waals surface area contributed by atoms with E-state index < -0.39 is 22.0 Å². The van der Waals surface area contributed by atoms with Crippen molar-refractivity contribution in [2.45, 2.75) is 30.7 Å². The Morgan fingerprint density at radius 3 is 2.52 bits per heavy atom. The van der Waals surface area contributed by atoms with E-state index in [2.05, 4.69) is 15.5 Å². The molecule has 1 fully saturated rings. The summed E-state index contributed by atoms with van der Waals surface area (Å²) < 4.78 is 32.6. The van der Waals surface area contributed by atoms with Crippen molar-refractivity contribution >= 4 is 32.4 Å². The standard InChI is InChI=1S/C21H22N4O4S2/c1-14-5-11-17(12-6-14)31(27,28)25-13-3-4-18(25)19(26)22-21-24-23-20(30-21)15-7-9-16(29-2)10-8-15/h5-12,18H,3-4,13H2,1-2H3,(H,22,24,26). The van der Waals surface area contributed by atoms with Gasteiger partial charge < -0.3 is 4.74 Å². The van der Waals surface area contributed by atoms with E-state index in [9.17, 15) is 13.2 Å². The summed E-state index contributed by atoms with van der Waals surface area (Å²) in [5.41, 5.74) is 1.82. The molecule has 0 bridgehead atoms. The Kier molecular flexibility index (Phi) is 6.03. The second-order valence-electron chi connectivity index (χ2n) is 7.22. The number of methoxy groups -OCH3 is 1. The molecule has 0 spiro atoms. The first kappa shape index (κ1) is 21.4. The summed E-state index contributed by atoms with van der Waals surface area (Å²) in [5, 5.41) is 11.9. The molecule has 1 unspecified atom stereocenters. The predicted octanol–water partition coefficient (Wildman–Crippen LogP) is 3.31. The van der Waals surface area contributed by atoms with E-state index in [4.69, 9.17) is 4.74 Å². The molecule has 2 heterocycles. The van der Waals surface area contributed by atoms with Crippen LogP contribution in [-0.4, -0.2) is 48.5 Å². The van der Waals surface area contributed by atoms with Crippen LogP contribution in [0.15, 0.2) is 53.4 Å². The van der Waals surface area contributed by atoms with Crippen LogP contribution < -0.4 is 10.1 Å². The summed E-state index contributed by atoms with van der Waals surface area (Å²) in [6, 6.07) is 13.2. The third-order valence-corrected chi connectivity index (χ3v) is 7.94. The van der Waals surface area contributed by atoms with E-state index in [1.165, 1.54) is 15.6 Å². The lowest BCUT2D eigenvalue weighted by molar-refractivity contribution is -0.119. The molecule has 0 radical (unpaired) electrons. The Morgan fingerprint density at radius 1 is 1.13 bits per heavy atom. The number of amides is 1. The molecule has 8 nitrogen and oxygen atoms in total. The lowest BCUT2D eigenvalue weighted by Crippen LogP contribution is -2.43. The van der Waals surface area contributed by atoms with Gasteiger partial charge in [-0.3, -0.25) is 10.1 Å². The molecule has 1 saturated heterocycles. The van der Waals surface area contributed by atoms with Crippen molar-refractivity contribution in [2.75, 3.05) is 19.0 Å². The second kappa shape index (κ2) is 8.74. The van der Waals surface area contributed by atoms with Gasteiger partial charge in [-0.2, -0.15) is 4.31 Å². The van der Waals surface area contributed by atoms with Crippen molar-refractivity contribution < 1.29 is 17.9 Å². The Morgan fingerprint density at radius 2 is 1.84 bits per heavy atom. The van der Waals surface area contributed by atoms with Gasteiger partial charge in [0.05, 0.1) is 12.0 Å². The van der Waals surface area contributed by atoms with Gasteiger partial charge in [-0.25, -0.2) is 8.42 Å². The smallest absolute Gasteiger partial charge is 0.244 e.